The molecule has 0 radical (unpaired) electrons. The van der Waals surface area contributed by atoms with Gasteiger partial charge in [0.05, 0.1) is 12.0 Å². The van der Waals surface area contributed by atoms with Crippen molar-refractivity contribution in [1.82, 2.24) is 0 Å². The number of hydrogen-bond donors (Lipinski definition) is 0. The average molecular weight is 218 g/mol. The Morgan fingerprint density at radius 2 is 2.25 bits per heavy atom. The van der Waals surface area contributed by atoms with Crippen LogP contribution in [-0.2, 0) is 5.54 Å². The quantitative estimate of drug-likeness (QED) is 0.445. The Morgan fingerprint density at radius 3 is 2.69 bits per heavy atom. The molecule has 0 amide bonds. The minimum absolute atomic E-state index is 0.0741. The van der Waals surface area contributed by atoms with Crippen molar-refractivity contribution in [2.24, 2.45) is 0 Å². The van der Waals surface area contributed by atoms with E-state index in [9.17, 15) is 10.1 Å². The molecule has 0 saturated heterocycles. The Hall–Kier alpha value is -2.09. The lowest BCUT2D eigenvalue weighted by molar-refractivity contribution is -0.385. The number of nitrogens with zero attached hydrogens (tertiary/aromatic N) is 2. The van der Waals surface area contributed by atoms with Gasteiger partial charge in [-0.3, -0.25) is 10.1 Å². The molecule has 1 saturated carbocycles. The van der Waals surface area contributed by atoms with Crippen LogP contribution in [0.15, 0.2) is 18.2 Å². The van der Waals surface area contributed by atoms with E-state index in [1.807, 2.05) is 0 Å². The van der Waals surface area contributed by atoms with E-state index in [2.05, 4.69) is 4.85 Å². The van der Waals surface area contributed by atoms with Crippen molar-refractivity contribution in [2.75, 3.05) is 7.11 Å². The second-order valence-electron chi connectivity index (χ2n) is 3.79. The highest BCUT2D eigenvalue weighted by Crippen LogP contribution is 2.50. The van der Waals surface area contributed by atoms with E-state index < -0.39 is 10.5 Å². The number of ether oxygens (including phenoxy) is 1. The van der Waals surface area contributed by atoms with Crippen LogP contribution in [0.25, 0.3) is 4.85 Å². The first kappa shape index (κ1) is 10.4. The summed E-state index contributed by atoms with van der Waals surface area (Å²) in [6, 6.07) is 4.74. The molecule has 0 N–H and O–H groups in total. The minimum Gasteiger partial charge on any atom is -0.490 e. The Bertz CT molecular complexity index is 486. The zero-order valence-electron chi connectivity index (χ0n) is 8.77. The standard InChI is InChI=1S/C11H10N2O3/c1-12-11(5-6-11)8-3-4-10(16-2)9(7-8)13(14)15/h3-4,7H,5-6H2,2H3. The summed E-state index contributed by atoms with van der Waals surface area (Å²) in [7, 11) is 1.39. The summed E-state index contributed by atoms with van der Waals surface area (Å²) >= 11 is 0. The fraction of sp³-hybridized carbons (Fsp3) is 0.364. The van der Waals surface area contributed by atoms with Gasteiger partial charge in [0.15, 0.2) is 5.75 Å². The maximum absolute atomic E-state index is 10.8. The molecule has 1 aliphatic carbocycles. The van der Waals surface area contributed by atoms with Gasteiger partial charge in [0.2, 0.25) is 0 Å². The molecule has 16 heavy (non-hydrogen) atoms. The van der Waals surface area contributed by atoms with Gasteiger partial charge in [-0.25, -0.2) is 6.57 Å². The van der Waals surface area contributed by atoms with Gasteiger partial charge in [-0.15, -0.1) is 0 Å². The van der Waals surface area contributed by atoms with E-state index in [4.69, 9.17) is 11.3 Å². The fourth-order valence-corrected chi connectivity index (χ4v) is 1.71. The maximum Gasteiger partial charge on any atom is 0.311 e. The molecule has 82 valence electrons. The molecule has 5 heteroatoms. The highest BCUT2D eigenvalue weighted by Gasteiger charge is 2.53. The smallest absolute Gasteiger partial charge is 0.311 e. The van der Waals surface area contributed by atoms with E-state index in [1.165, 1.54) is 13.2 Å². The summed E-state index contributed by atoms with van der Waals surface area (Å²) in [5, 5.41) is 10.8. The summed E-state index contributed by atoms with van der Waals surface area (Å²) in [6.07, 6.45) is 1.56. The maximum atomic E-state index is 10.8. The number of methoxy groups -OCH3 is 1. The van der Waals surface area contributed by atoms with E-state index in [1.54, 1.807) is 12.1 Å². The van der Waals surface area contributed by atoms with Gasteiger partial charge >= 0.3 is 5.69 Å². The summed E-state index contributed by atoms with van der Waals surface area (Å²) in [5.74, 6) is 0.231. The molecule has 0 bridgehead atoms. The predicted octanol–water partition coefficient (Wildman–Crippen LogP) is 2.51. The van der Waals surface area contributed by atoms with Gasteiger partial charge < -0.3 is 9.58 Å². The molecule has 0 aromatic heterocycles. The number of benzene rings is 1. The first-order chi connectivity index (χ1) is 7.63. The van der Waals surface area contributed by atoms with Gasteiger partial charge in [-0.2, -0.15) is 0 Å². The summed E-state index contributed by atoms with van der Waals surface area (Å²) < 4.78 is 4.91. The summed E-state index contributed by atoms with van der Waals surface area (Å²) in [4.78, 5) is 13.9. The lowest BCUT2D eigenvalue weighted by Crippen LogP contribution is -2.02. The molecular formula is C11H10N2O3. The number of nitro benzene ring substituents is 1. The van der Waals surface area contributed by atoms with Crippen LogP contribution in [-0.4, -0.2) is 12.0 Å². The molecule has 0 atom stereocenters. The first-order valence-electron chi connectivity index (χ1n) is 4.84. The topological polar surface area (TPSA) is 56.7 Å². The van der Waals surface area contributed by atoms with Crippen LogP contribution in [0, 0.1) is 16.7 Å². The van der Waals surface area contributed by atoms with Crippen LogP contribution >= 0.6 is 0 Å². The molecule has 0 heterocycles. The van der Waals surface area contributed by atoms with Crippen LogP contribution in [0.1, 0.15) is 18.4 Å². The lowest BCUT2D eigenvalue weighted by Gasteiger charge is -2.05. The van der Waals surface area contributed by atoms with Crippen molar-refractivity contribution >= 4 is 5.69 Å². The molecule has 1 aromatic rings. The number of nitro groups is 1. The number of rotatable bonds is 3. The van der Waals surface area contributed by atoms with Crippen molar-refractivity contribution in [2.45, 2.75) is 18.4 Å². The Balaban J connectivity index is 2.48. The number of hydrogen-bond acceptors (Lipinski definition) is 3. The van der Waals surface area contributed by atoms with Crippen molar-refractivity contribution in [3.63, 3.8) is 0 Å². The second kappa shape index (κ2) is 3.49. The zero-order valence-corrected chi connectivity index (χ0v) is 8.77. The van der Waals surface area contributed by atoms with E-state index >= 15 is 0 Å². The molecule has 2 rings (SSSR count). The lowest BCUT2D eigenvalue weighted by atomic mass is 10.0. The Kier molecular flexibility index (Phi) is 2.27. The highest BCUT2D eigenvalue weighted by molar-refractivity contribution is 5.52. The second-order valence-corrected chi connectivity index (χ2v) is 3.79. The van der Waals surface area contributed by atoms with Gasteiger partial charge in [0, 0.05) is 24.5 Å². The Morgan fingerprint density at radius 1 is 1.56 bits per heavy atom. The largest absolute Gasteiger partial charge is 0.490 e. The van der Waals surface area contributed by atoms with Crippen molar-refractivity contribution in [3.8, 4) is 5.75 Å². The predicted molar refractivity (Wildman–Crippen MR) is 57.2 cm³/mol. The third-order valence-electron chi connectivity index (χ3n) is 2.85. The van der Waals surface area contributed by atoms with Gasteiger partial charge in [-0.1, -0.05) is 0 Å². The molecular weight excluding hydrogens is 208 g/mol. The molecule has 1 aromatic carbocycles. The Labute approximate surface area is 92.6 Å². The van der Waals surface area contributed by atoms with E-state index in [0.717, 1.165) is 18.4 Å². The normalized spacial score (nSPS) is 16.2. The van der Waals surface area contributed by atoms with Crippen LogP contribution < -0.4 is 4.74 Å². The molecule has 0 aliphatic heterocycles. The van der Waals surface area contributed by atoms with Crippen molar-refractivity contribution in [3.05, 3.63) is 45.3 Å². The molecule has 5 nitrogen and oxygen atoms in total. The third kappa shape index (κ3) is 1.48. The van der Waals surface area contributed by atoms with Gasteiger partial charge in [-0.05, 0) is 12.1 Å². The molecule has 0 spiro atoms. The molecule has 0 unspecified atom stereocenters. The van der Waals surface area contributed by atoms with Crippen LogP contribution in [0.4, 0.5) is 5.69 Å². The van der Waals surface area contributed by atoms with Crippen molar-refractivity contribution in [1.29, 1.82) is 0 Å². The van der Waals surface area contributed by atoms with Crippen LogP contribution in [0.2, 0.25) is 0 Å². The third-order valence-corrected chi connectivity index (χ3v) is 2.85. The molecule has 1 fully saturated rings. The fourth-order valence-electron chi connectivity index (χ4n) is 1.71. The summed E-state index contributed by atoms with van der Waals surface area (Å²) in [6.45, 7) is 7.11. The van der Waals surface area contributed by atoms with Crippen molar-refractivity contribution < 1.29 is 9.66 Å². The highest BCUT2D eigenvalue weighted by atomic mass is 16.6. The average Bonchev–Trinajstić information content (AvgIpc) is 3.09. The summed E-state index contributed by atoms with van der Waals surface area (Å²) in [5.41, 5.74) is 0.127. The van der Waals surface area contributed by atoms with Crippen LogP contribution in [0.5, 0.6) is 5.75 Å². The van der Waals surface area contributed by atoms with E-state index in [-0.39, 0.29) is 11.4 Å². The minimum atomic E-state index is -0.517. The zero-order chi connectivity index (χ0) is 11.8. The first-order valence-corrected chi connectivity index (χ1v) is 4.84. The SMILES string of the molecule is [C-]#[N+]C1(c2ccc(OC)c([N+](=O)[O-])c2)CC1. The molecule has 1 aliphatic rings. The van der Waals surface area contributed by atoms with Gasteiger partial charge in [0.1, 0.15) is 0 Å². The van der Waals surface area contributed by atoms with Crippen LogP contribution in [0.3, 0.4) is 0 Å². The van der Waals surface area contributed by atoms with Gasteiger partial charge in [0.25, 0.3) is 5.54 Å². The monoisotopic (exact) mass is 218 g/mol. The van der Waals surface area contributed by atoms with E-state index in [0.29, 0.717) is 0 Å².